The van der Waals surface area contributed by atoms with E-state index in [9.17, 15) is 0 Å². The van der Waals surface area contributed by atoms with Gasteiger partial charge in [0.25, 0.3) is 0 Å². The first-order valence-corrected chi connectivity index (χ1v) is 6.58. The summed E-state index contributed by atoms with van der Waals surface area (Å²) in [5, 5.41) is 3.65. The molecule has 0 aromatic carbocycles. The van der Waals surface area contributed by atoms with Gasteiger partial charge in [-0.15, -0.1) is 0 Å². The Kier molecular flexibility index (Phi) is 3.70. The van der Waals surface area contributed by atoms with E-state index in [2.05, 4.69) is 25.2 Å². The molecular weight excluding hydrogens is 198 g/mol. The van der Waals surface area contributed by atoms with Crippen molar-refractivity contribution in [2.24, 2.45) is 0 Å². The molecule has 0 saturated heterocycles. The zero-order valence-corrected chi connectivity index (χ0v) is 10.5. The van der Waals surface area contributed by atoms with Gasteiger partial charge in [-0.1, -0.05) is 32.6 Å². The highest BCUT2D eigenvalue weighted by Gasteiger charge is 2.32. The van der Waals surface area contributed by atoms with Crippen molar-refractivity contribution >= 4 is 0 Å². The van der Waals surface area contributed by atoms with Gasteiger partial charge in [0.15, 0.2) is 0 Å². The molecule has 0 radical (unpaired) electrons. The molecule has 2 heterocycles. The molecule has 1 aromatic heterocycles. The highest BCUT2D eigenvalue weighted by atomic mass is 16.3. The topological polar surface area (TPSA) is 25.2 Å². The lowest BCUT2D eigenvalue weighted by Crippen LogP contribution is -2.44. The van der Waals surface area contributed by atoms with Gasteiger partial charge in [0.05, 0.1) is 6.26 Å². The smallest absolute Gasteiger partial charge is 0.110 e. The van der Waals surface area contributed by atoms with Gasteiger partial charge in [0, 0.05) is 24.1 Å². The largest absolute Gasteiger partial charge is 0.469 e. The standard InChI is InChI=1S/C14H23NO/c1-3-4-5-6-9-14(2)12-8-11-16-13(12)7-10-15-14/h8,11,15H,3-7,9-10H2,1-2H3. The third-order valence-electron chi connectivity index (χ3n) is 3.74. The van der Waals surface area contributed by atoms with Gasteiger partial charge in [0.1, 0.15) is 5.76 Å². The third kappa shape index (κ3) is 2.32. The minimum atomic E-state index is 0.147. The highest BCUT2D eigenvalue weighted by Crippen LogP contribution is 2.33. The monoisotopic (exact) mass is 221 g/mol. The number of nitrogens with one attached hydrogen (secondary N) is 1. The average Bonchev–Trinajstić information content (AvgIpc) is 2.75. The molecular formula is C14H23NO. The summed E-state index contributed by atoms with van der Waals surface area (Å²) in [7, 11) is 0. The first kappa shape index (κ1) is 11.7. The molecule has 1 unspecified atom stereocenters. The highest BCUT2D eigenvalue weighted by molar-refractivity contribution is 5.28. The van der Waals surface area contributed by atoms with E-state index < -0.39 is 0 Å². The van der Waals surface area contributed by atoms with Crippen LogP contribution in [0.5, 0.6) is 0 Å². The van der Waals surface area contributed by atoms with Crippen molar-refractivity contribution in [3.05, 3.63) is 23.7 Å². The Labute approximate surface area is 98.4 Å². The molecule has 1 N–H and O–H groups in total. The average molecular weight is 221 g/mol. The van der Waals surface area contributed by atoms with Crippen molar-refractivity contribution in [1.82, 2.24) is 5.32 Å². The van der Waals surface area contributed by atoms with Crippen LogP contribution in [0.3, 0.4) is 0 Å². The summed E-state index contributed by atoms with van der Waals surface area (Å²) in [6.45, 7) is 5.62. The summed E-state index contributed by atoms with van der Waals surface area (Å²) in [6, 6.07) is 2.14. The Morgan fingerprint density at radius 2 is 2.25 bits per heavy atom. The van der Waals surface area contributed by atoms with Gasteiger partial charge >= 0.3 is 0 Å². The molecule has 2 rings (SSSR count). The first-order chi connectivity index (χ1) is 7.76. The van der Waals surface area contributed by atoms with Gasteiger partial charge in [0.2, 0.25) is 0 Å². The van der Waals surface area contributed by atoms with E-state index in [4.69, 9.17) is 4.42 Å². The fraction of sp³-hybridized carbons (Fsp3) is 0.714. The molecule has 0 bridgehead atoms. The predicted molar refractivity (Wildman–Crippen MR) is 66.5 cm³/mol. The lowest BCUT2D eigenvalue weighted by atomic mass is 9.83. The Morgan fingerprint density at radius 3 is 3.06 bits per heavy atom. The van der Waals surface area contributed by atoms with Gasteiger partial charge < -0.3 is 9.73 Å². The van der Waals surface area contributed by atoms with E-state index in [0.29, 0.717) is 0 Å². The minimum absolute atomic E-state index is 0.147. The Morgan fingerprint density at radius 1 is 1.38 bits per heavy atom. The fourth-order valence-electron chi connectivity index (χ4n) is 2.70. The number of hydrogen-bond donors (Lipinski definition) is 1. The normalized spacial score (nSPS) is 24.4. The van der Waals surface area contributed by atoms with Crippen molar-refractivity contribution in [3.8, 4) is 0 Å². The van der Waals surface area contributed by atoms with Crippen LogP contribution in [0.25, 0.3) is 0 Å². The van der Waals surface area contributed by atoms with Crippen LogP contribution in [0.2, 0.25) is 0 Å². The Hall–Kier alpha value is -0.760. The summed E-state index contributed by atoms with van der Waals surface area (Å²) in [6.07, 6.45) is 9.41. The third-order valence-corrected chi connectivity index (χ3v) is 3.74. The van der Waals surface area contributed by atoms with E-state index >= 15 is 0 Å². The maximum atomic E-state index is 5.54. The molecule has 1 aliphatic heterocycles. The maximum Gasteiger partial charge on any atom is 0.110 e. The van der Waals surface area contributed by atoms with E-state index in [1.165, 1.54) is 43.4 Å². The van der Waals surface area contributed by atoms with Gasteiger partial charge in [-0.2, -0.15) is 0 Å². The second-order valence-corrected chi connectivity index (χ2v) is 5.08. The van der Waals surface area contributed by atoms with Gasteiger partial charge in [-0.25, -0.2) is 0 Å². The predicted octanol–water partition coefficient (Wildman–Crippen LogP) is 3.61. The number of rotatable bonds is 5. The fourth-order valence-corrected chi connectivity index (χ4v) is 2.70. The second kappa shape index (κ2) is 5.05. The van der Waals surface area contributed by atoms with Gasteiger partial charge in [-0.05, 0) is 19.4 Å². The van der Waals surface area contributed by atoms with Crippen LogP contribution >= 0.6 is 0 Å². The number of unbranched alkanes of at least 4 members (excludes halogenated alkanes) is 3. The molecule has 0 amide bonds. The molecule has 0 aliphatic carbocycles. The van der Waals surface area contributed by atoms with Crippen molar-refractivity contribution < 1.29 is 4.42 Å². The first-order valence-electron chi connectivity index (χ1n) is 6.58. The molecule has 2 nitrogen and oxygen atoms in total. The molecule has 16 heavy (non-hydrogen) atoms. The van der Waals surface area contributed by atoms with Crippen LogP contribution in [0.15, 0.2) is 16.7 Å². The Bertz CT molecular complexity index is 331. The summed E-state index contributed by atoms with van der Waals surface area (Å²) in [4.78, 5) is 0. The molecule has 1 atom stereocenters. The van der Waals surface area contributed by atoms with Crippen LogP contribution in [-0.2, 0) is 12.0 Å². The number of furan rings is 1. The molecule has 0 spiro atoms. The van der Waals surface area contributed by atoms with Crippen LogP contribution in [-0.4, -0.2) is 6.54 Å². The number of fused-ring (bicyclic) bond motifs is 1. The summed E-state index contributed by atoms with van der Waals surface area (Å²) < 4.78 is 5.54. The second-order valence-electron chi connectivity index (χ2n) is 5.08. The molecule has 1 aliphatic rings. The quantitative estimate of drug-likeness (QED) is 0.768. The lowest BCUT2D eigenvalue weighted by Gasteiger charge is -2.34. The molecule has 90 valence electrons. The maximum absolute atomic E-state index is 5.54. The van der Waals surface area contributed by atoms with Crippen molar-refractivity contribution in [2.45, 2.75) is 57.9 Å². The van der Waals surface area contributed by atoms with E-state index in [-0.39, 0.29) is 5.54 Å². The minimum Gasteiger partial charge on any atom is -0.469 e. The molecule has 0 fully saturated rings. The van der Waals surface area contributed by atoms with Crippen LogP contribution in [0.1, 0.15) is 57.3 Å². The van der Waals surface area contributed by atoms with E-state index in [1.807, 2.05) is 6.26 Å². The van der Waals surface area contributed by atoms with E-state index in [0.717, 1.165) is 13.0 Å². The molecule has 1 aromatic rings. The Balaban J connectivity index is 1.98. The van der Waals surface area contributed by atoms with E-state index in [1.54, 1.807) is 0 Å². The summed E-state index contributed by atoms with van der Waals surface area (Å²) in [5.74, 6) is 1.19. The van der Waals surface area contributed by atoms with Crippen LogP contribution < -0.4 is 5.32 Å². The van der Waals surface area contributed by atoms with Crippen molar-refractivity contribution in [3.63, 3.8) is 0 Å². The SMILES string of the molecule is CCCCCCC1(C)NCCc2occc21. The number of hydrogen-bond acceptors (Lipinski definition) is 2. The van der Waals surface area contributed by atoms with Crippen LogP contribution in [0.4, 0.5) is 0 Å². The van der Waals surface area contributed by atoms with Gasteiger partial charge in [-0.3, -0.25) is 0 Å². The lowest BCUT2D eigenvalue weighted by molar-refractivity contribution is 0.295. The zero-order chi connectivity index (χ0) is 11.4. The van der Waals surface area contributed by atoms with Crippen molar-refractivity contribution in [1.29, 1.82) is 0 Å². The summed E-state index contributed by atoms with van der Waals surface area (Å²) >= 11 is 0. The zero-order valence-electron chi connectivity index (χ0n) is 10.5. The van der Waals surface area contributed by atoms with Crippen molar-refractivity contribution in [2.75, 3.05) is 6.54 Å². The molecule has 0 saturated carbocycles. The van der Waals surface area contributed by atoms with Crippen LogP contribution in [0, 0.1) is 0 Å². The summed E-state index contributed by atoms with van der Waals surface area (Å²) in [5.41, 5.74) is 1.53. The molecule has 2 heteroatoms.